The summed E-state index contributed by atoms with van der Waals surface area (Å²) in [4.78, 5) is 27.4. The van der Waals surface area contributed by atoms with Gasteiger partial charge >= 0.3 is 5.97 Å². The molecule has 3 aromatic carbocycles. The summed E-state index contributed by atoms with van der Waals surface area (Å²) in [5, 5.41) is 12.3. The molecule has 0 spiro atoms. The molecular formula is C25H21Cl2NO6. The molecule has 1 N–H and O–H groups in total. The number of esters is 1. The SMILES string of the molecule is COC(=O)c1ccc(Cl)c(C2(O)C(=O)N(Cc3ccc(OC)cc3OC)c3ccc(Cl)cc32)c1. The van der Waals surface area contributed by atoms with Gasteiger partial charge in [0.25, 0.3) is 5.91 Å². The van der Waals surface area contributed by atoms with E-state index in [1.165, 1.54) is 43.4 Å². The zero-order valence-electron chi connectivity index (χ0n) is 18.6. The highest BCUT2D eigenvalue weighted by molar-refractivity contribution is 6.32. The number of rotatable bonds is 6. The van der Waals surface area contributed by atoms with Gasteiger partial charge in [0.15, 0.2) is 5.60 Å². The second-order valence-corrected chi connectivity index (χ2v) is 8.47. The molecule has 34 heavy (non-hydrogen) atoms. The smallest absolute Gasteiger partial charge is 0.337 e. The number of aliphatic hydroxyl groups is 1. The van der Waals surface area contributed by atoms with E-state index in [4.69, 9.17) is 37.4 Å². The predicted octanol–water partition coefficient (Wildman–Crippen LogP) is 4.58. The first-order valence-electron chi connectivity index (χ1n) is 10.2. The fraction of sp³-hybridized carbons (Fsp3) is 0.200. The van der Waals surface area contributed by atoms with Crippen LogP contribution < -0.4 is 14.4 Å². The monoisotopic (exact) mass is 501 g/mol. The molecule has 9 heteroatoms. The quantitative estimate of drug-likeness (QED) is 0.497. The van der Waals surface area contributed by atoms with Crippen LogP contribution in [0.1, 0.15) is 27.0 Å². The molecule has 7 nitrogen and oxygen atoms in total. The number of hydrogen-bond donors (Lipinski definition) is 1. The average Bonchev–Trinajstić information content (AvgIpc) is 3.05. The Morgan fingerprint density at radius 1 is 0.971 bits per heavy atom. The molecule has 4 rings (SSSR count). The summed E-state index contributed by atoms with van der Waals surface area (Å²) in [6.07, 6.45) is 0. The number of ether oxygens (including phenoxy) is 3. The highest BCUT2D eigenvalue weighted by Crippen LogP contribution is 2.48. The molecule has 0 saturated carbocycles. The van der Waals surface area contributed by atoms with Crippen LogP contribution in [0.5, 0.6) is 11.5 Å². The lowest BCUT2D eigenvalue weighted by Crippen LogP contribution is -2.41. The first-order chi connectivity index (χ1) is 16.2. The van der Waals surface area contributed by atoms with Crippen LogP contribution in [0.25, 0.3) is 0 Å². The molecule has 0 bridgehead atoms. The first kappa shape index (κ1) is 23.9. The highest BCUT2D eigenvalue weighted by Gasteiger charge is 2.52. The second-order valence-electron chi connectivity index (χ2n) is 7.63. The Morgan fingerprint density at radius 3 is 2.41 bits per heavy atom. The van der Waals surface area contributed by atoms with Crippen molar-refractivity contribution in [2.24, 2.45) is 0 Å². The van der Waals surface area contributed by atoms with Crippen LogP contribution in [0.15, 0.2) is 54.6 Å². The summed E-state index contributed by atoms with van der Waals surface area (Å²) in [6.45, 7) is 0.0945. The molecule has 1 aliphatic rings. The van der Waals surface area contributed by atoms with Crippen LogP contribution >= 0.6 is 23.2 Å². The Hall–Kier alpha value is -3.26. The Labute approximate surface area is 206 Å². The number of hydrogen-bond acceptors (Lipinski definition) is 6. The summed E-state index contributed by atoms with van der Waals surface area (Å²) in [5.74, 6) is -0.156. The van der Waals surface area contributed by atoms with Crippen molar-refractivity contribution in [3.8, 4) is 11.5 Å². The summed E-state index contributed by atoms with van der Waals surface area (Å²) in [7, 11) is 4.31. The van der Waals surface area contributed by atoms with E-state index in [1.807, 2.05) is 0 Å². The molecule has 176 valence electrons. The van der Waals surface area contributed by atoms with Gasteiger partial charge in [-0.3, -0.25) is 4.79 Å². The maximum Gasteiger partial charge on any atom is 0.337 e. The van der Waals surface area contributed by atoms with Gasteiger partial charge in [0.1, 0.15) is 11.5 Å². The Kier molecular flexibility index (Phi) is 6.45. The zero-order valence-corrected chi connectivity index (χ0v) is 20.1. The second kappa shape index (κ2) is 9.18. The highest BCUT2D eigenvalue weighted by atomic mass is 35.5. The molecule has 0 aromatic heterocycles. The first-order valence-corrected chi connectivity index (χ1v) is 10.9. The van der Waals surface area contributed by atoms with Crippen LogP contribution in [-0.4, -0.2) is 38.3 Å². The summed E-state index contributed by atoms with van der Waals surface area (Å²) in [5.41, 5.74) is -0.593. The van der Waals surface area contributed by atoms with E-state index in [2.05, 4.69) is 0 Å². The maximum absolute atomic E-state index is 13.8. The van der Waals surface area contributed by atoms with Gasteiger partial charge in [-0.05, 0) is 48.5 Å². The van der Waals surface area contributed by atoms with Crippen LogP contribution in [0.4, 0.5) is 5.69 Å². The standard InChI is InChI=1S/C25H21Cl2NO6/c1-32-17-7-4-15(22(12-17)33-2)13-28-21-9-6-16(26)11-19(21)25(31,24(28)30)18-10-14(23(29)34-3)5-8-20(18)27/h4-12,31H,13H2,1-3H3. The number of anilines is 1. The summed E-state index contributed by atoms with van der Waals surface area (Å²) < 4.78 is 15.5. The third-order valence-electron chi connectivity index (χ3n) is 5.79. The third-order valence-corrected chi connectivity index (χ3v) is 6.36. The van der Waals surface area contributed by atoms with Gasteiger partial charge in [0.05, 0.1) is 39.1 Å². The number of benzene rings is 3. The van der Waals surface area contributed by atoms with E-state index < -0.39 is 17.5 Å². The lowest BCUT2D eigenvalue weighted by Gasteiger charge is -2.25. The van der Waals surface area contributed by atoms with E-state index >= 15 is 0 Å². The Balaban J connectivity index is 1.86. The van der Waals surface area contributed by atoms with Crippen LogP contribution in [0.3, 0.4) is 0 Å². The number of nitrogens with zero attached hydrogens (tertiary/aromatic N) is 1. The molecule has 1 atom stereocenters. The molecule has 1 heterocycles. The van der Waals surface area contributed by atoms with Gasteiger partial charge in [-0.2, -0.15) is 0 Å². The molecule has 0 fully saturated rings. The van der Waals surface area contributed by atoms with Gasteiger partial charge in [0.2, 0.25) is 0 Å². The lowest BCUT2D eigenvalue weighted by molar-refractivity contribution is -0.132. The number of carbonyl (C=O) groups is 2. The van der Waals surface area contributed by atoms with E-state index in [0.29, 0.717) is 27.8 Å². The van der Waals surface area contributed by atoms with Gasteiger partial charge in [0, 0.05) is 32.8 Å². The topological polar surface area (TPSA) is 85.3 Å². The molecule has 3 aromatic rings. The van der Waals surface area contributed by atoms with Gasteiger partial charge in [-0.25, -0.2) is 4.79 Å². The van der Waals surface area contributed by atoms with Crippen molar-refractivity contribution in [1.29, 1.82) is 0 Å². The van der Waals surface area contributed by atoms with Gasteiger partial charge < -0.3 is 24.2 Å². The zero-order chi connectivity index (χ0) is 24.6. The van der Waals surface area contributed by atoms with Gasteiger partial charge in [-0.1, -0.05) is 23.2 Å². The van der Waals surface area contributed by atoms with Crippen molar-refractivity contribution in [3.63, 3.8) is 0 Å². The van der Waals surface area contributed by atoms with Crippen molar-refractivity contribution in [2.45, 2.75) is 12.1 Å². The third kappa shape index (κ3) is 3.86. The fourth-order valence-corrected chi connectivity index (χ4v) is 4.50. The summed E-state index contributed by atoms with van der Waals surface area (Å²) >= 11 is 12.7. The average molecular weight is 502 g/mol. The number of carbonyl (C=O) groups excluding carboxylic acids is 2. The predicted molar refractivity (Wildman–Crippen MR) is 128 cm³/mol. The normalized spacial score (nSPS) is 16.9. The minimum atomic E-state index is -2.18. The van der Waals surface area contributed by atoms with E-state index in [9.17, 15) is 14.7 Å². The van der Waals surface area contributed by atoms with Crippen LogP contribution in [0.2, 0.25) is 10.0 Å². The van der Waals surface area contributed by atoms with Crippen molar-refractivity contribution < 1.29 is 28.9 Å². The lowest BCUT2D eigenvalue weighted by atomic mass is 9.86. The molecule has 1 unspecified atom stereocenters. The van der Waals surface area contributed by atoms with Crippen LogP contribution in [0, 0.1) is 0 Å². The largest absolute Gasteiger partial charge is 0.497 e. The Morgan fingerprint density at radius 2 is 1.74 bits per heavy atom. The molecule has 0 saturated heterocycles. The number of methoxy groups -OCH3 is 3. The number of fused-ring (bicyclic) bond motifs is 1. The molecule has 0 radical (unpaired) electrons. The maximum atomic E-state index is 13.8. The number of amides is 1. The van der Waals surface area contributed by atoms with Crippen molar-refractivity contribution in [1.82, 2.24) is 0 Å². The van der Waals surface area contributed by atoms with Gasteiger partial charge in [-0.15, -0.1) is 0 Å². The van der Waals surface area contributed by atoms with Crippen molar-refractivity contribution in [2.75, 3.05) is 26.2 Å². The molecule has 1 aliphatic heterocycles. The Bertz CT molecular complexity index is 1290. The van der Waals surface area contributed by atoms with Crippen molar-refractivity contribution >= 4 is 40.8 Å². The minimum Gasteiger partial charge on any atom is -0.497 e. The van der Waals surface area contributed by atoms with E-state index in [1.54, 1.807) is 37.4 Å². The number of halogens is 2. The van der Waals surface area contributed by atoms with E-state index in [0.717, 1.165) is 0 Å². The van der Waals surface area contributed by atoms with Crippen LogP contribution in [-0.2, 0) is 21.7 Å². The summed E-state index contributed by atoms with van der Waals surface area (Å²) in [6, 6.07) is 14.3. The molecule has 1 amide bonds. The minimum absolute atomic E-state index is 0.0507. The molecule has 0 aliphatic carbocycles. The van der Waals surface area contributed by atoms with E-state index in [-0.39, 0.29) is 28.3 Å². The van der Waals surface area contributed by atoms with Crippen molar-refractivity contribution in [3.05, 3.63) is 86.9 Å². The fourth-order valence-electron chi connectivity index (χ4n) is 4.07. The molecular weight excluding hydrogens is 481 g/mol.